The van der Waals surface area contributed by atoms with E-state index in [2.05, 4.69) is 29.2 Å². The minimum atomic E-state index is 0.0221. The summed E-state index contributed by atoms with van der Waals surface area (Å²) in [7, 11) is 0. The van der Waals surface area contributed by atoms with E-state index >= 15 is 0 Å². The second-order valence-corrected chi connectivity index (χ2v) is 6.89. The standard InChI is InChI=1S/C19H27NO2/c1-2-7-17-15(5-1)6-3-8-18(17)20(16-9-10-16)12-11-19-21-13-4-14-22-19/h1-2,5,7,16,18-19H,3-4,6,8-14H2/t18-/m0/s1. The average Bonchev–Trinajstić information content (AvgIpc) is 3.41. The van der Waals surface area contributed by atoms with Crippen LogP contribution in [0.1, 0.15) is 55.7 Å². The molecule has 0 N–H and O–H groups in total. The number of fused-ring (bicyclic) bond motifs is 1. The molecule has 0 radical (unpaired) electrons. The van der Waals surface area contributed by atoms with Crippen LogP contribution in [0.3, 0.4) is 0 Å². The molecule has 0 amide bonds. The molecule has 22 heavy (non-hydrogen) atoms. The molecule has 2 aliphatic carbocycles. The van der Waals surface area contributed by atoms with Crippen LogP contribution in [0, 0.1) is 0 Å². The molecular formula is C19H27NO2. The second-order valence-electron chi connectivity index (χ2n) is 6.89. The molecule has 0 bridgehead atoms. The first-order valence-electron chi connectivity index (χ1n) is 8.98. The van der Waals surface area contributed by atoms with Gasteiger partial charge in [0.1, 0.15) is 0 Å². The summed E-state index contributed by atoms with van der Waals surface area (Å²) >= 11 is 0. The highest BCUT2D eigenvalue weighted by Gasteiger charge is 2.36. The van der Waals surface area contributed by atoms with Gasteiger partial charge >= 0.3 is 0 Å². The van der Waals surface area contributed by atoms with Gasteiger partial charge in [0.2, 0.25) is 0 Å². The van der Waals surface area contributed by atoms with Crippen molar-refractivity contribution in [3.8, 4) is 0 Å². The van der Waals surface area contributed by atoms with Gasteiger partial charge in [-0.15, -0.1) is 0 Å². The highest BCUT2D eigenvalue weighted by Crippen LogP contribution is 2.40. The van der Waals surface area contributed by atoms with Crippen LogP contribution in [0.2, 0.25) is 0 Å². The minimum Gasteiger partial charge on any atom is -0.353 e. The normalized spacial score (nSPS) is 26.1. The van der Waals surface area contributed by atoms with Gasteiger partial charge in [-0.25, -0.2) is 0 Å². The van der Waals surface area contributed by atoms with Crippen LogP contribution in [0.15, 0.2) is 24.3 Å². The van der Waals surface area contributed by atoms with E-state index in [0.717, 1.165) is 38.6 Å². The zero-order valence-electron chi connectivity index (χ0n) is 13.4. The molecule has 2 fully saturated rings. The Morgan fingerprint density at radius 1 is 1.00 bits per heavy atom. The third-order valence-electron chi connectivity index (χ3n) is 5.27. The maximum Gasteiger partial charge on any atom is 0.158 e. The lowest BCUT2D eigenvalue weighted by Crippen LogP contribution is -2.37. The summed E-state index contributed by atoms with van der Waals surface area (Å²) in [5.74, 6) is 0. The zero-order chi connectivity index (χ0) is 14.8. The van der Waals surface area contributed by atoms with Gasteiger partial charge in [-0.2, -0.15) is 0 Å². The Kier molecular flexibility index (Phi) is 4.47. The van der Waals surface area contributed by atoms with Crippen molar-refractivity contribution in [1.29, 1.82) is 0 Å². The van der Waals surface area contributed by atoms with Crippen LogP contribution in [-0.4, -0.2) is 37.0 Å². The molecule has 1 aromatic carbocycles. The smallest absolute Gasteiger partial charge is 0.158 e. The number of ether oxygens (including phenoxy) is 2. The topological polar surface area (TPSA) is 21.7 Å². The minimum absolute atomic E-state index is 0.0221. The van der Waals surface area contributed by atoms with Crippen molar-refractivity contribution in [2.75, 3.05) is 19.8 Å². The molecular weight excluding hydrogens is 274 g/mol. The Morgan fingerprint density at radius 3 is 2.64 bits per heavy atom. The van der Waals surface area contributed by atoms with Crippen molar-refractivity contribution in [2.45, 2.75) is 63.3 Å². The highest BCUT2D eigenvalue weighted by atomic mass is 16.7. The molecule has 3 heteroatoms. The van der Waals surface area contributed by atoms with Gasteiger partial charge in [-0.1, -0.05) is 24.3 Å². The molecule has 3 nitrogen and oxygen atoms in total. The summed E-state index contributed by atoms with van der Waals surface area (Å²) < 4.78 is 11.5. The first-order valence-corrected chi connectivity index (χ1v) is 8.98. The summed E-state index contributed by atoms with van der Waals surface area (Å²) in [5.41, 5.74) is 3.14. The molecule has 3 aliphatic rings. The van der Waals surface area contributed by atoms with Crippen LogP contribution in [0.4, 0.5) is 0 Å². The quantitative estimate of drug-likeness (QED) is 0.828. The molecule has 0 spiro atoms. The summed E-state index contributed by atoms with van der Waals surface area (Å²) in [6, 6.07) is 10.5. The van der Waals surface area contributed by atoms with E-state index in [1.165, 1.54) is 32.1 Å². The molecule has 0 aromatic heterocycles. The van der Waals surface area contributed by atoms with E-state index in [0.29, 0.717) is 6.04 Å². The van der Waals surface area contributed by atoms with Crippen molar-refractivity contribution in [2.24, 2.45) is 0 Å². The fourth-order valence-corrected chi connectivity index (χ4v) is 4.03. The first kappa shape index (κ1) is 14.7. The van der Waals surface area contributed by atoms with Crippen LogP contribution < -0.4 is 0 Å². The predicted octanol–water partition coefficient (Wildman–Crippen LogP) is 3.68. The SMILES string of the molecule is c1ccc2c(c1)CCC[C@@H]2N(CCC1OCCCO1)C1CC1. The van der Waals surface area contributed by atoms with Crippen LogP contribution >= 0.6 is 0 Å². The van der Waals surface area contributed by atoms with Crippen molar-refractivity contribution >= 4 is 0 Å². The van der Waals surface area contributed by atoms with Gasteiger partial charge in [0.05, 0.1) is 13.2 Å². The number of rotatable bonds is 5. The Labute approximate surface area is 133 Å². The van der Waals surface area contributed by atoms with Crippen LogP contribution in [0.25, 0.3) is 0 Å². The number of aryl methyl sites for hydroxylation is 1. The number of hydrogen-bond acceptors (Lipinski definition) is 3. The molecule has 120 valence electrons. The molecule has 0 unspecified atom stereocenters. The van der Waals surface area contributed by atoms with E-state index in [1.54, 1.807) is 11.1 Å². The van der Waals surface area contributed by atoms with Gasteiger partial charge < -0.3 is 9.47 Å². The fraction of sp³-hybridized carbons (Fsp3) is 0.684. The van der Waals surface area contributed by atoms with Crippen LogP contribution in [0.5, 0.6) is 0 Å². The Bertz CT molecular complexity index is 494. The van der Waals surface area contributed by atoms with Crippen molar-refractivity contribution in [1.82, 2.24) is 4.90 Å². The summed E-state index contributed by atoms with van der Waals surface area (Å²) in [6.45, 7) is 2.83. The second kappa shape index (κ2) is 6.69. The van der Waals surface area contributed by atoms with Crippen molar-refractivity contribution in [3.63, 3.8) is 0 Å². The third-order valence-corrected chi connectivity index (χ3v) is 5.27. The highest BCUT2D eigenvalue weighted by molar-refractivity contribution is 5.32. The van der Waals surface area contributed by atoms with Gasteiger partial charge in [-0.3, -0.25) is 4.90 Å². The summed E-state index contributed by atoms with van der Waals surface area (Å²) in [6.07, 6.45) is 8.68. The summed E-state index contributed by atoms with van der Waals surface area (Å²) in [4.78, 5) is 2.75. The summed E-state index contributed by atoms with van der Waals surface area (Å²) in [5, 5.41) is 0. The van der Waals surface area contributed by atoms with E-state index in [1.807, 2.05) is 0 Å². The first-order chi connectivity index (χ1) is 10.9. The molecule has 1 saturated carbocycles. The average molecular weight is 301 g/mol. The number of hydrogen-bond donors (Lipinski definition) is 0. The lowest BCUT2D eigenvalue weighted by Gasteiger charge is -2.37. The van der Waals surface area contributed by atoms with E-state index in [-0.39, 0.29) is 6.29 Å². The molecule has 1 aliphatic heterocycles. The fourth-order valence-electron chi connectivity index (χ4n) is 4.03. The molecule has 1 heterocycles. The van der Waals surface area contributed by atoms with E-state index in [4.69, 9.17) is 9.47 Å². The molecule has 1 atom stereocenters. The van der Waals surface area contributed by atoms with Gasteiger partial charge in [0.15, 0.2) is 6.29 Å². The number of benzene rings is 1. The molecule has 1 saturated heterocycles. The lowest BCUT2D eigenvalue weighted by atomic mass is 9.86. The van der Waals surface area contributed by atoms with Gasteiger partial charge in [0.25, 0.3) is 0 Å². The molecule has 4 rings (SSSR count). The maximum absolute atomic E-state index is 5.74. The zero-order valence-corrected chi connectivity index (χ0v) is 13.4. The molecule has 1 aromatic rings. The van der Waals surface area contributed by atoms with Gasteiger partial charge in [0, 0.05) is 25.0 Å². The lowest BCUT2D eigenvalue weighted by molar-refractivity contribution is -0.183. The van der Waals surface area contributed by atoms with Crippen molar-refractivity contribution < 1.29 is 9.47 Å². The maximum atomic E-state index is 5.74. The van der Waals surface area contributed by atoms with E-state index in [9.17, 15) is 0 Å². The third kappa shape index (κ3) is 3.22. The van der Waals surface area contributed by atoms with E-state index < -0.39 is 0 Å². The predicted molar refractivity (Wildman–Crippen MR) is 86.8 cm³/mol. The van der Waals surface area contributed by atoms with Crippen LogP contribution in [-0.2, 0) is 15.9 Å². The largest absolute Gasteiger partial charge is 0.353 e. The van der Waals surface area contributed by atoms with Crippen molar-refractivity contribution in [3.05, 3.63) is 35.4 Å². The van der Waals surface area contributed by atoms with Gasteiger partial charge in [-0.05, 0) is 49.7 Å². The Hall–Kier alpha value is -0.900. The number of nitrogens with zero attached hydrogens (tertiary/aromatic N) is 1. The Morgan fingerprint density at radius 2 is 1.82 bits per heavy atom. The Balaban J connectivity index is 1.46. The monoisotopic (exact) mass is 301 g/mol.